The van der Waals surface area contributed by atoms with E-state index in [2.05, 4.69) is 25.7 Å². The summed E-state index contributed by atoms with van der Waals surface area (Å²) >= 11 is 0. The van der Waals surface area contributed by atoms with Crippen molar-refractivity contribution in [2.24, 2.45) is 0 Å². The number of halogens is 1. The summed E-state index contributed by atoms with van der Waals surface area (Å²) in [7, 11) is 0. The third-order valence-corrected chi connectivity index (χ3v) is 4.27. The van der Waals surface area contributed by atoms with Gasteiger partial charge in [-0.05, 0) is 44.9 Å². The molecule has 0 aliphatic carbocycles. The number of aliphatic hydroxyl groups excluding tert-OH is 1. The Hall–Kier alpha value is -1.46. The smallest absolute Gasteiger partial charge is 0.222 e. The monoisotopic (exact) mass is 322 g/mol. The van der Waals surface area contributed by atoms with E-state index in [4.69, 9.17) is 0 Å². The summed E-state index contributed by atoms with van der Waals surface area (Å²) in [6.07, 6.45) is 0.881. The Bertz CT molecular complexity index is 525. The second-order valence-electron chi connectivity index (χ2n) is 7.27. The molecule has 0 spiro atoms. The molecule has 0 radical (unpaired) electrons. The molecule has 1 aliphatic heterocycles. The Kier molecular flexibility index (Phi) is 5.76. The van der Waals surface area contributed by atoms with Gasteiger partial charge in [0.05, 0.1) is 6.10 Å². The topological polar surface area (TPSA) is 43.8 Å². The molecule has 5 heteroatoms. The Balaban J connectivity index is 1.97. The van der Waals surface area contributed by atoms with Crippen LogP contribution in [0.4, 0.5) is 4.39 Å². The molecule has 1 fully saturated rings. The lowest BCUT2D eigenvalue weighted by Crippen LogP contribution is -2.47. The molecular formula is C18H27FN2O2. The van der Waals surface area contributed by atoms with Gasteiger partial charge in [-0.2, -0.15) is 0 Å². The van der Waals surface area contributed by atoms with Gasteiger partial charge in [0.2, 0.25) is 5.91 Å². The van der Waals surface area contributed by atoms with Crippen molar-refractivity contribution in [3.8, 4) is 0 Å². The van der Waals surface area contributed by atoms with Gasteiger partial charge in [-0.1, -0.05) is 12.1 Å². The molecule has 1 heterocycles. The summed E-state index contributed by atoms with van der Waals surface area (Å²) in [5, 5.41) is 10.4. The minimum Gasteiger partial charge on any atom is -0.390 e. The first-order chi connectivity index (χ1) is 10.8. The lowest BCUT2D eigenvalue weighted by atomic mass is 10.0. The van der Waals surface area contributed by atoms with E-state index in [1.54, 1.807) is 17.0 Å². The van der Waals surface area contributed by atoms with Crippen LogP contribution in [-0.4, -0.2) is 52.1 Å². The fourth-order valence-electron chi connectivity index (χ4n) is 2.85. The first kappa shape index (κ1) is 17.9. The summed E-state index contributed by atoms with van der Waals surface area (Å²) in [6.45, 7) is 8.50. The van der Waals surface area contributed by atoms with Crippen LogP contribution in [-0.2, 0) is 11.3 Å². The molecule has 1 unspecified atom stereocenters. The van der Waals surface area contributed by atoms with Crippen LogP contribution in [0.1, 0.15) is 39.2 Å². The van der Waals surface area contributed by atoms with Gasteiger partial charge in [0, 0.05) is 38.1 Å². The molecule has 1 amide bonds. The molecule has 2 rings (SSSR count). The third kappa shape index (κ3) is 5.29. The molecule has 4 nitrogen and oxygen atoms in total. The number of benzene rings is 1. The maximum absolute atomic E-state index is 13.0. The SMILES string of the molecule is CC(C)(C)N(Cc1ccc(F)cc1)CC(O)CN1CCCC1=O. The quantitative estimate of drug-likeness (QED) is 0.875. The molecule has 0 bridgehead atoms. The van der Waals surface area contributed by atoms with E-state index >= 15 is 0 Å². The second kappa shape index (κ2) is 7.41. The zero-order valence-corrected chi connectivity index (χ0v) is 14.3. The average molecular weight is 322 g/mol. The van der Waals surface area contributed by atoms with Crippen molar-refractivity contribution in [2.75, 3.05) is 19.6 Å². The highest BCUT2D eigenvalue weighted by Crippen LogP contribution is 2.19. The van der Waals surface area contributed by atoms with Crippen LogP contribution in [0.3, 0.4) is 0 Å². The van der Waals surface area contributed by atoms with Crippen molar-refractivity contribution in [3.63, 3.8) is 0 Å². The fourth-order valence-corrected chi connectivity index (χ4v) is 2.85. The molecule has 23 heavy (non-hydrogen) atoms. The molecule has 0 saturated carbocycles. The number of aliphatic hydroxyl groups is 1. The molecular weight excluding hydrogens is 295 g/mol. The Morgan fingerprint density at radius 1 is 1.30 bits per heavy atom. The number of rotatable bonds is 6. The van der Waals surface area contributed by atoms with Crippen LogP contribution in [0.2, 0.25) is 0 Å². The van der Waals surface area contributed by atoms with Crippen LogP contribution in [0.25, 0.3) is 0 Å². The molecule has 1 atom stereocenters. The molecule has 1 aromatic carbocycles. The van der Waals surface area contributed by atoms with Crippen molar-refractivity contribution in [1.29, 1.82) is 0 Å². The Labute approximate surface area is 137 Å². The lowest BCUT2D eigenvalue weighted by Gasteiger charge is -2.37. The largest absolute Gasteiger partial charge is 0.390 e. The summed E-state index contributed by atoms with van der Waals surface area (Å²) in [4.78, 5) is 15.6. The van der Waals surface area contributed by atoms with Gasteiger partial charge in [0.1, 0.15) is 5.82 Å². The molecule has 128 valence electrons. The zero-order chi connectivity index (χ0) is 17.0. The normalized spacial score (nSPS) is 17.1. The lowest BCUT2D eigenvalue weighted by molar-refractivity contribution is -0.129. The zero-order valence-electron chi connectivity index (χ0n) is 14.3. The highest BCUT2D eigenvalue weighted by atomic mass is 19.1. The van der Waals surface area contributed by atoms with Gasteiger partial charge in [-0.3, -0.25) is 9.69 Å². The van der Waals surface area contributed by atoms with Crippen LogP contribution >= 0.6 is 0 Å². The number of carbonyl (C=O) groups is 1. The first-order valence-electron chi connectivity index (χ1n) is 8.21. The van der Waals surface area contributed by atoms with Crippen molar-refractivity contribution < 1.29 is 14.3 Å². The minimum absolute atomic E-state index is 0.130. The molecule has 0 aromatic heterocycles. The van der Waals surface area contributed by atoms with E-state index in [0.29, 0.717) is 26.1 Å². The van der Waals surface area contributed by atoms with E-state index in [1.165, 1.54) is 12.1 Å². The van der Waals surface area contributed by atoms with Gasteiger partial charge in [0.15, 0.2) is 0 Å². The van der Waals surface area contributed by atoms with E-state index in [1.807, 2.05) is 0 Å². The van der Waals surface area contributed by atoms with Gasteiger partial charge < -0.3 is 10.0 Å². The summed E-state index contributed by atoms with van der Waals surface area (Å²) in [5.74, 6) is -0.117. The van der Waals surface area contributed by atoms with E-state index in [0.717, 1.165) is 18.5 Å². The summed E-state index contributed by atoms with van der Waals surface area (Å²) in [6, 6.07) is 6.44. The van der Waals surface area contributed by atoms with Crippen LogP contribution < -0.4 is 0 Å². The third-order valence-electron chi connectivity index (χ3n) is 4.27. The molecule has 1 aliphatic rings. The predicted molar refractivity (Wildman–Crippen MR) is 88.4 cm³/mol. The summed E-state index contributed by atoms with van der Waals surface area (Å²) < 4.78 is 13.0. The second-order valence-corrected chi connectivity index (χ2v) is 7.27. The molecule has 1 aromatic rings. The van der Waals surface area contributed by atoms with Crippen LogP contribution in [0.5, 0.6) is 0 Å². The first-order valence-corrected chi connectivity index (χ1v) is 8.21. The van der Waals surface area contributed by atoms with Gasteiger partial charge in [-0.25, -0.2) is 4.39 Å². The standard InChI is InChI=1S/C18H27FN2O2/c1-18(2,3)21(11-14-6-8-15(19)9-7-14)13-16(22)12-20-10-4-5-17(20)23/h6-9,16,22H,4-5,10-13H2,1-3H3. The van der Waals surface area contributed by atoms with E-state index < -0.39 is 6.10 Å². The van der Waals surface area contributed by atoms with Crippen molar-refractivity contribution in [1.82, 2.24) is 9.80 Å². The number of carbonyl (C=O) groups excluding carboxylic acids is 1. The van der Waals surface area contributed by atoms with Gasteiger partial charge in [-0.15, -0.1) is 0 Å². The number of hydrogen-bond donors (Lipinski definition) is 1. The maximum Gasteiger partial charge on any atom is 0.222 e. The number of likely N-dealkylation sites (tertiary alicyclic amines) is 1. The van der Waals surface area contributed by atoms with E-state index in [9.17, 15) is 14.3 Å². The van der Waals surface area contributed by atoms with Gasteiger partial charge >= 0.3 is 0 Å². The van der Waals surface area contributed by atoms with Gasteiger partial charge in [0.25, 0.3) is 0 Å². The number of nitrogens with zero attached hydrogens (tertiary/aromatic N) is 2. The number of amides is 1. The fraction of sp³-hybridized carbons (Fsp3) is 0.611. The molecule has 1 N–H and O–H groups in total. The van der Waals surface area contributed by atoms with Crippen molar-refractivity contribution in [3.05, 3.63) is 35.6 Å². The Morgan fingerprint density at radius 3 is 2.48 bits per heavy atom. The van der Waals surface area contributed by atoms with Crippen LogP contribution in [0, 0.1) is 5.82 Å². The molecule has 1 saturated heterocycles. The number of β-amino-alcohol motifs (C(OH)–C–C–N with tert-alkyl or cyclic N) is 1. The maximum atomic E-state index is 13.0. The van der Waals surface area contributed by atoms with Crippen LogP contribution in [0.15, 0.2) is 24.3 Å². The van der Waals surface area contributed by atoms with Crippen molar-refractivity contribution in [2.45, 2.75) is 51.8 Å². The Morgan fingerprint density at radius 2 is 1.96 bits per heavy atom. The highest BCUT2D eigenvalue weighted by Gasteiger charge is 2.27. The highest BCUT2D eigenvalue weighted by molar-refractivity contribution is 5.78. The number of hydrogen-bond acceptors (Lipinski definition) is 3. The predicted octanol–water partition coefficient (Wildman–Crippen LogP) is 2.41. The van der Waals surface area contributed by atoms with E-state index in [-0.39, 0.29) is 17.3 Å². The van der Waals surface area contributed by atoms with Crippen molar-refractivity contribution >= 4 is 5.91 Å². The average Bonchev–Trinajstić information content (AvgIpc) is 2.85. The minimum atomic E-state index is -0.586. The summed E-state index contributed by atoms with van der Waals surface area (Å²) in [5.41, 5.74) is 0.871.